The average Bonchev–Trinajstić information content (AvgIpc) is 3.19. The number of nitrogens with zero attached hydrogens (tertiary/aromatic N) is 4. The van der Waals surface area contributed by atoms with E-state index in [4.69, 9.17) is 0 Å². The summed E-state index contributed by atoms with van der Waals surface area (Å²) in [6, 6.07) is 6.46. The predicted molar refractivity (Wildman–Crippen MR) is 80.8 cm³/mol. The van der Waals surface area contributed by atoms with Gasteiger partial charge in [0.2, 0.25) is 5.95 Å². The number of thiazole rings is 1. The predicted octanol–water partition coefficient (Wildman–Crippen LogP) is 3.17. The standard InChI is InChI=1S/C15H13FN4S/c16-12-3-1-11(2-4-12)14-18-13(10-21-14)9-20-8-7-19-6-5-17-15(19)20/h1-6,10H,7-9H2. The highest BCUT2D eigenvalue weighted by atomic mass is 32.1. The Morgan fingerprint density at radius 1 is 1.19 bits per heavy atom. The van der Waals surface area contributed by atoms with Crippen molar-refractivity contribution in [1.82, 2.24) is 14.5 Å². The third-order valence-corrected chi connectivity index (χ3v) is 4.52. The van der Waals surface area contributed by atoms with Crippen molar-refractivity contribution in [3.8, 4) is 10.6 Å². The van der Waals surface area contributed by atoms with Gasteiger partial charge in [-0.25, -0.2) is 14.4 Å². The second kappa shape index (κ2) is 4.96. The molecule has 0 N–H and O–H groups in total. The van der Waals surface area contributed by atoms with Crippen molar-refractivity contribution < 1.29 is 4.39 Å². The minimum Gasteiger partial charge on any atom is -0.335 e. The van der Waals surface area contributed by atoms with Crippen LogP contribution in [-0.4, -0.2) is 21.1 Å². The van der Waals surface area contributed by atoms with Crippen molar-refractivity contribution >= 4 is 17.3 Å². The van der Waals surface area contributed by atoms with Gasteiger partial charge in [0.15, 0.2) is 0 Å². The van der Waals surface area contributed by atoms with Crippen LogP contribution in [0.15, 0.2) is 42.0 Å². The van der Waals surface area contributed by atoms with Gasteiger partial charge in [0.1, 0.15) is 10.8 Å². The Balaban J connectivity index is 1.54. The maximum absolute atomic E-state index is 13.0. The van der Waals surface area contributed by atoms with E-state index in [9.17, 15) is 4.39 Å². The van der Waals surface area contributed by atoms with Crippen molar-refractivity contribution in [1.29, 1.82) is 0 Å². The summed E-state index contributed by atoms with van der Waals surface area (Å²) in [5, 5.41) is 2.98. The van der Waals surface area contributed by atoms with Crippen molar-refractivity contribution in [2.75, 3.05) is 11.4 Å². The molecule has 0 bridgehead atoms. The zero-order valence-corrected chi connectivity index (χ0v) is 12.1. The number of fused-ring (bicyclic) bond motifs is 1. The first kappa shape index (κ1) is 12.5. The van der Waals surface area contributed by atoms with E-state index in [2.05, 4.69) is 24.8 Å². The molecule has 0 saturated heterocycles. The Bertz CT molecular complexity index is 762. The summed E-state index contributed by atoms with van der Waals surface area (Å²) in [5.74, 6) is 0.783. The fourth-order valence-corrected chi connectivity index (χ4v) is 3.35. The van der Waals surface area contributed by atoms with Gasteiger partial charge in [-0.15, -0.1) is 11.3 Å². The van der Waals surface area contributed by atoms with Gasteiger partial charge >= 0.3 is 0 Å². The zero-order chi connectivity index (χ0) is 14.2. The molecular formula is C15H13FN4S. The van der Waals surface area contributed by atoms with E-state index in [0.717, 1.165) is 41.8 Å². The second-order valence-corrected chi connectivity index (χ2v) is 5.85. The highest BCUT2D eigenvalue weighted by molar-refractivity contribution is 7.13. The van der Waals surface area contributed by atoms with E-state index in [0.29, 0.717) is 0 Å². The lowest BCUT2D eigenvalue weighted by atomic mass is 10.2. The fourth-order valence-electron chi connectivity index (χ4n) is 2.54. The molecule has 0 spiro atoms. The number of hydrogen-bond acceptors (Lipinski definition) is 4. The van der Waals surface area contributed by atoms with Crippen LogP contribution >= 0.6 is 11.3 Å². The van der Waals surface area contributed by atoms with E-state index < -0.39 is 0 Å². The zero-order valence-electron chi connectivity index (χ0n) is 11.2. The molecular weight excluding hydrogens is 287 g/mol. The van der Waals surface area contributed by atoms with Crippen LogP contribution in [0.1, 0.15) is 5.69 Å². The number of halogens is 1. The van der Waals surface area contributed by atoms with Crippen LogP contribution in [0.2, 0.25) is 0 Å². The quantitative estimate of drug-likeness (QED) is 0.745. The van der Waals surface area contributed by atoms with Gasteiger partial charge in [-0.1, -0.05) is 0 Å². The molecule has 106 valence electrons. The topological polar surface area (TPSA) is 34.0 Å². The minimum atomic E-state index is -0.223. The molecule has 1 aliphatic heterocycles. The van der Waals surface area contributed by atoms with Gasteiger partial charge in [0.05, 0.1) is 12.2 Å². The Morgan fingerprint density at radius 2 is 2.05 bits per heavy atom. The highest BCUT2D eigenvalue weighted by Gasteiger charge is 2.20. The van der Waals surface area contributed by atoms with Gasteiger partial charge in [-0.05, 0) is 24.3 Å². The first-order valence-corrected chi connectivity index (χ1v) is 7.64. The Hall–Kier alpha value is -2.21. The summed E-state index contributed by atoms with van der Waals surface area (Å²) >= 11 is 1.59. The molecule has 0 unspecified atom stereocenters. The van der Waals surface area contributed by atoms with Crippen molar-refractivity contribution in [3.05, 3.63) is 53.6 Å². The van der Waals surface area contributed by atoms with Gasteiger partial charge in [0, 0.05) is 36.4 Å². The lowest BCUT2D eigenvalue weighted by Gasteiger charge is -2.13. The monoisotopic (exact) mass is 300 g/mol. The summed E-state index contributed by atoms with van der Waals surface area (Å²) in [7, 11) is 0. The van der Waals surface area contributed by atoms with E-state index in [-0.39, 0.29) is 5.82 Å². The third-order valence-electron chi connectivity index (χ3n) is 3.58. The van der Waals surface area contributed by atoms with E-state index in [1.165, 1.54) is 12.1 Å². The van der Waals surface area contributed by atoms with E-state index in [1.807, 2.05) is 12.4 Å². The van der Waals surface area contributed by atoms with Crippen LogP contribution < -0.4 is 4.90 Å². The van der Waals surface area contributed by atoms with Gasteiger partial charge in [0.25, 0.3) is 0 Å². The number of rotatable bonds is 3. The maximum atomic E-state index is 13.0. The van der Waals surface area contributed by atoms with Crippen molar-refractivity contribution in [3.63, 3.8) is 0 Å². The Morgan fingerprint density at radius 3 is 2.90 bits per heavy atom. The molecule has 6 heteroatoms. The number of benzene rings is 1. The first-order valence-electron chi connectivity index (χ1n) is 6.76. The lowest BCUT2D eigenvalue weighted by molar-refractivity contribution is 0.628. The number of anilines is 1. The fraction of sp³-hybridized carbons (Fsp3) is 0.200. The molecule has 0 fully saturated rings. The maximum Gasteiger partial charge on any atom is 0.205 e. The molecule has 2 aromatic heterocycles. The van der Waals surface area contributed by atoms with Gasteiger partial charge < -0.3 is 9.47 Å². The van der Waals surface area contributed by atoms with Crippen LogP contribution in [0.25, 0.3) is 10.6 Å². The lowest BCUT2D eigenvalue weighted by Crippen LogP contribution is -2.20. The number of hydrogen-bond donors (Lipinski definition) is 0. The highest BCUT2D eigenvalue weighted by Crippen LogP contribution is 2.26. The normalized spacial score (nSPS) is 13.7. The van der Waals surface area contributed by atoms with Crippen LogP contribution in [-0.2, 0) is 13.1 Å². The SMILES string of the molecule is Fc1ccc(-c2nc(CN3CCn4ccnc43)cs2)cc1. The molecule has 0 amide bonds. The van der Waals surface area contributed by atoms with Crippen LogP contribution in [0.5, 0.6) is 0 Å². The summed E-state index contributed by atoms with van der Waals surface area (Å²) in [4.78, 5) is 11.2. The molecule has 3 aromatic rings. The van der Waals surface area contributed by atoms with Gasteiger partial charge in [-0.3, -0.25) is 0 Å². The van der Waals surface area contributed by atoms with Crippen LogP contribution in [0.3, 0.4) is 0 Å². The Kier molecular flexibility index (Phi) is 2.96. The first-order chi connectivity index (χ1) is 10.3. The smallest absolute Gasteiger partial charge is 0.205 e. The summed E-state index contributed by atoms with van der Waals surface area (Å²) < 4.78 is 15.1. The largest absolute Gasteiger partial charge is 0.335 e. The summed E-state index contributed by atoms with van der Waals surface area (Å²) in [5.41, 5.74) is 1.98. The van der Waals surface area contributed by atoms with Crippen LogP contribution in [0.4, 0.5) is 10.3 Å². The van der Waals surface area contributed by atoms with Crippen LogP contribution in [0, 0.1) is 5.82 Å². The molecule has 4 nitrogen and oxygen atoms in total. The minimum absolute atomic E-state index is 0.223. The molecule has 21 heavy (non-hydrogen) atoms. The average molecular weight is 300 g/mol. The molecule has 1 aromatic carbocycles. The second-order valence-electron chi connectivity index (χ2n) is 4.99. The number of imidazole rings is 1. The number of aromatic nitrogens is 3. The molecule has 0 saturated carbocycles. The Labute approximate surface area is 125 Å². The molecule has 3 heterocycles. The van der Waals surface area contributed by atoms with E-state index >= 15 is 0 Å². The summed E-state index contributed by atoms with van der Waals surface area (Å²) in [6.07, 6.45) is 3.83. The molecule has 0 radical (unpaired) electrons. The summed E-state index contributed by atoms with van der Waals surface area (Å²) in [6.45, 7) is 2.70. The molecule has 0 atom stereocenters. The van der Waals surface area contributed by atoms with Crippen molar-refractivity contribution in [2.45, 2.75) is 13.1 Å². The van der Waals surface area contributed by atoms with E-state index in [1.54, 1.807) is 23.5 Å². The van der Waals surface area contributed by atoms with Gasteiger partial charge in [-0.2, -0.15) is 0 Å². The molecule has 0 aliphatic carbocycles. The van der Waals surface area contributed by atoms with Crippen molar-refractivity contribution in [2.24, 2.45) is 0 Å². The third kappa shape index (κ3) is 2.31. The molecule has 4 rings (SSSR count). The molecule has 1 aliphatic rings.